The third kappa shape index (κ3) is 5.40. The predicted molar refractivity (Wildman–Crippen MR) is 118 cm³/mol. The maximum atomic E-state index is 12.2. The molecule has 1 fully saturated rings. The molecule has 0 saturated carbocycles. The summed E-state index contributed by atoms with van der Waals surface area (Å²) in [6.45, 7) is 4.17. The first kappa shape index (κ1) is 19.6. The number of aromatic nitrogens is 1. The average Bonchev–Trinajstić information content (AvgIpc) is 3.36. The van der Waals surface area contributed by atoms with E-state index >= 15 is 0 Å². The van der Waals surface area contributed by atoms with E-state index in [-0.39, 0.29) is 5.91 Å². The minimum absolute atomic E-state index is 0.183. The lowest BCUT2D eigenvalue weighted by Crippen LogP contribution is -2.38. The van der Waals surface area contributed by atoms with Crippen molar-refractivity contribution in [2.24, 2.45) is 5.92 Å². The van der Waals surface area contributed by atoms with Gasteiger partial charge in [-0.3, -0.25) is 9.69 Å². The number of likely N-dealkylation sites (tertiary alicyclic amines) is 1. The van der Waals surface area contributed by atoms with Crippen LogP contribution in [-0.2, 0) is 17.8 Å². The van der Waals surface area contributed by atoms with Crippen LogP contribution in [0.3, 0.4) is 0 Å². The van der Waals surface area contributed by atoms with Gasteiger partial charge in [-0.2, -0.15) is 0 Å². The molecule has 0 aliphatic carbocycles. The van der Waals surface area contributed by atoms with E-state index in [4.69, 9.17) is 0 Å². The number of hydrogen-bond acceptors (Lipinski definition) is 5. The molecule has 28 heavy (non-hydrogen) atoms. The highest BCUT2D eigenvalue weighted by molar-refractivity contribution is 7.18. The molecule has 0 unspecified atom stereocenters. The van der Waals surface area contributed by atoms with Crippen molar-refractivity contribution in [2.45, 2.75) is 38.6 Å². The van der Waals surface area contributed by atoms with Gasteiger partial charge in [0.05, 0.1) is 15.2 Å². The van der Waals surface area contributed by atoms with Crippen molar-refractivity contribution in [2.75, 3.05) is 19.6 Å². The van der Waals surface area contributed by atoms with Gasteiger partial charge in [0.2, 0.25) is 5.91 Å². The summed E-state index contributed by atoms with van der Waals surface area (Å²) in [6, 6.07) is 12.6. The lowest BCUT2D eigenvalue weighted by Gasteiger charge is -2.31. The third-order valence-electron chi connectivity index (χ3n) is 5.39. The van der Waals surface area contributed by atoms with Crippen molar-refractivity contribution in [3.05, 3.63) is 51.7 Å². The third-order valence-corrected chi connectivity index (χ3v) is 7.34. The molecule has 4 nitrogen and oxygen atoms in total. The van der Waals surface area contributed by atoms with Gasteiger partial charge in [0.25, 0.3) is 0 Å². The summed E-state index contributed by atoms with van der Waals surface area (Å²) in [4.78, 5) is 20.8. The van der Waals surface area contributed by atoms with Gasteiger partial charge in [0.15, 0.2) is 0 Å². The Balaban J connectivity index is 1.11. The molecule has 0 spiro atoms. The number of thiazole rings is 1. The topological polar surface area (TPSA) is 45.2 Å². The number of benzene rings is 1. The van der Waals surface area contributed by atoms with E-state index in [1.54, 1.807) is 11.3 Å². The molecule has 2 aromatic heterocycles. The zero-order valence-electron chi connectivity index (χ0n) is 16.1. The second-order valence-corrected chi connectivity index (χ2v) is 9.68. The van der Waals surface area contributed by atoms with Crippen LogP contribution in [0, 0.1) is 5.92 Å². The molecule has 4 rings (SSSR count). The van der Waals surface area contributed by atoms with Crippen molar-refractivity contribution >= 4 is 38.8 Å². The maximum Gasteiger partial charge on any atom is 0.220 e. The Morgan fingerprint density at radius 1 is 1.18 bits per heavy atom. The molecule has 3 aromatic rings. The minimum Gasteiger partial charge on any atom is -0.356 e. The van der Waals surface area contributed by atoms with Crippen LogP contribution >= 0.6 is 22.7 Å². The Bertz CT molecular complexity index is 849. The fourth-order valence-corrected chi connectivity index (χ4v) is 5.50. The molecule has 1 saturated heterocycles. The highest BCUT2D eigenvalue weighted by Gasteiger charge is 2.20. The normalized spacial score (nSPS) is 15.9. The van der Waals surface area contributed by atoms with Gasteiger partial charge in [-0.15, -0.1) is 22.7 Å². The van der Waals surface area contributed by atoms with Gasteiger partial charge in [-0.1, -0.05) is 18.2 Å². The molecule has 1 aliphatic heterocycles. The molecule has 0 atom stereocenters. The Kier molecular flexibility index (Phi) is 6.73. The number of hydrogen-bond donors (Lipinski definition) is 1. The number of piperidine rings is 1. The SMILES string of the molecule is O=C(CCCc1nc2ccccc2s1)NCC1CCN(Cc2cccs2)CC1. The van der Waals surface area contributed by atoms with Crippen LogP contribution in [-0.4, -0.2) is 35.4 Å². The first-order valence-electron chi connectivity index (χ1n) is 10.1. The zero-order chi connectivity index (χ0) is 19.2. The van der Waals surface area contributed by atoms with Crippen LogP contribution in [0.4, 0.5) is 0 Å². The molecule has 1 N–H and O–H groups in total. The molecule has 3 heterocycles. The molecular formula is C22H27N3OS2. The summed E-state index contributed by atoms with van der Waals surface area (Å²) in [5, 5.41) is 6.43. The number of thiophene rings is 1. The van der Waals surface area contributed by atoms with E-state index in [1.165, 1.54) is 22.4 Å². The predicted octanol–water partition coefficient (Wildman–Crippen LogP) is 4.71. The van der Waals surface area contributed by atoms with E-state index in [0.29, 0.717) is 12.3 Å². The highest BCUT2D eigenvalue weighted by atomic mass is 32.1. The summed E-state index contributed by atoms with van der Waals surface area (Å²) in [6.07, 6.45) is 4.70. The number of para-hydroxylation sites is 1. The standard InChI is InChI=1S/C22H27N3OS2/c26-21(8-3-9-22-24-19-6-1-2-7-20(19)28-22)23-15-17-10-12-25(13-11-17)16-18-5-4-14-27-18/h1-2,4-7,14,17H,3,8-13,15-16H2,(H,23,26). The summed E-state index contributed by atoms with van der Waals surface area (Å²) in [5.74, 6) is 0.801. The molecule has 0 radical (unpaired) electrons. The van der Waals surface area contributed by atoms with Crippen molar-refractivity contribution < 1.29 is 4.79 Å². The zero-order valence-corrected chi connectivity index (χ0v) is 17.7. The number of rotatable bonds is 8. The van der Waals surface area contributed by atoms with Gasteiger partial charge in [0, 0.05) is 24.4 Å². The van der Waals surface area contributed by atoms with Gasteiger partial charge < -0.3 is 5.32 Å². The fraction of sp³-hybridized carbons (Fsp3) is 0.455. The first-order valence-corrected chi connectivity index (χ1v) is 11.8. The number of fused-ring (bicyclic) bond motifs is 1. The van der Waals surface area contributed by atoms with Crippen LogP contribution in [0.15, 0.2) is 41.8 Å². The second-order valence-electron chi connectivity index (χ2n) is 7.53. The van der Waals surface area contributed by atoms with E-state index in [0.717, 1.165) is 49.5 Å². The summed E-state index contributed by atoms with van der Waals surface area (Å²) in [7, 11) is 0. The average molecular weight is 414 g/mol. The van der Waals surface area contributed by atoms with Gasteiger partial charge in [0.1, 0.15) is 0 Å². The summed E-state index contributed by atoms with van der Waals surface area (Å²) >= 11 is 3.58. The largest absolute Gasteiger partial charge is 0.356 e. The number of amides is 1. The quantitative estimate of drug-likeness (QED) is 0.582. The van der Waals surface area contributed by atoms with Gasteiger partial charge in [-0.25, -0.2) is 4.98 Å². The summed E-state index contributed by atoms with van der Waals surface area (Å²) < 4.78 is 1.23. The van der Waals surface area contributed by atoms with E-state index in [2.05, 4.69) is 38.8 Å². The van der Waals surface area contributed by atoms with Gasteiger partial charge >= 0.3 is 0 Å². The van der Waals surface area contributed by atoms with Crippen molar-refractivity contribution in [3.8, 4) is 0 Å². The van der Waals surface area contributed by atoms with Crippen molar-refractivity contribution in [1.29, 1.82) is 0 Å². The van der Waals surface area contributed by atoms with Crippen LogP contribution in [0.1, 0.15) is 35.6 Å². The molecule has 0 bridgehead atoms. The van der Waals surface area contributed by atoms with Crippen LogP contribution < -0.4 is 5.32 Å². The highest BCUT2D eigenvalue weighted by Crippen LogP contribution is 2.23. The monoisotopic (exact) mass is 413 g/mol. The van der Waals surface area contributed by atoms with Crippen molar-refractivity contribution in [1.82, 2.24) is 15.2 Å². The minimum atomic E-state index is 0.183. The van der Waals surface area contributed by atoms with E-state index < -0.39 is 0 Å². The molecule has 1 aromatic carbocycles. The van der Waals surface area contributed by atoms with Crippen molar-refractivity contribution in [3.63, 3.8) is 0 Å². The van der Waals surface area contributed by atoms with E-state index in [1.807, 2.05) is 29.5 Å². The number of nitrogens with zero attached hydrogens (tertiary/aromatic N) is 2. The van der Waals surface area contributed by atoms with E-state index in [9.17, 15) is 4.79 Å². The molecular weight excluding hydrogens is 386 g/mol. The molecule has 1 aliphatic rings. The number of aryl methyl sites for hydroxylation is 1. The Morgan fingerprint density at radius 3 is 2.82 bits per heavy atom. The second kappa shape index (κ2) is 9.63. The molecule has 1 amide bonds. The van der Waals surface area contributed by atoms with Crippen LogP contribution in [0.25, 0.3) is 10.2 Å². The lowest BCUT2D eigenvalue weighted by molar-refractivity contribution is -0.121. The molecule has 6 heteroatoms. The number of nitrogens with one attached hydrogen (secondary N) is 1. The Hall–Kier alpha value is -1.76. The number of carbonyl (C=O) groups excluding carboxylic acids is 1. The molecule has 148 valence electrons. The smallest absolute Gasteiger partial charge is 0.220 e. The summed E-state index contributed by atoms with van der Waals surface area (Å²) in [5.41, 5.74) is 1.07. The van der Waals surface area contributed by atoms with Crippen LogP contribution in [0.2, 0.25) is 0 Å². The Labute approximate surface area is 174 Å². The van der Waals surface area contributed by atoms with Gasteiger partial charge in [-0.05, 0) is 68.3 Å². The maximum absolute atomic E-state index is 12.2. The van der Waals surface area contributed by atoms with Crippen LogP contribution in [0.5, 0.6) is 0 Å². The fourth-order valence-electron chi connectivity index (χ4n) is 3.75. The lowest BCUT2D eigenvalue weighted by atomic mass is 9.96. The first-order chi connectivity index (χ1) is 13.8. The Morgan fingerprint density at radius 2 is 2.04 bits per heavy atom. The number of carbonyl (C=O) groups is 1.